The summed E-state index contributed by atoms with van der Waals surface area (Å²) in [5, 5.41) is 9.99. The van der Waals surface area contributed by atoms with Crippen molar-refractivity contribution in [1.82, 2.24) is 25.8 Å². The fourth-order valence-electron chi connectivity index (χ4n) is 1.95. The van der Waals surface area contributed by atoms with E-state index < -0.39 is 0 Å². The van der Waals surface area contributed by atoms with Gasteiger partial charge in [-0.2, -0.15) is 0 Å². The molecule has 5 heteroatoms. The molecule has 0 unspecified atom stereocenters. The van der Waals surface area contributed by atoms with E-state index in [0.717, 1.165) is 32.7 Å². The molecule has 1 saturated heterocycles. The Balaban J connectivity index is 1.81. The average molecular weight is 243 g/mol. The van der Waals surface area contributed by atoms with Crippen LogP contribution in [0.4, 0.5) is 0 Å². The van der Waals surface area contributed by atoms with Crippen LogP contribution >= 0.6 is 0 Å². The average Bonchev–Trinajstić information content (AvgIpc) is 2.35. The predicted octanol–water partition coefficient (Wildman–Crippen LogP) is -1.37. The van der Waals surface area contributed by atoms with Crippen molar-refractivity contribution >= 4 is 0 Å². The van der Waals surface area contributed by atoms with Gasteiger partial charge < -0.3 is 20.9 Å². The third-order valence-corrected chi connectivity index (χ3v) is 3.23. The highest BCUT2D eigenvalue weighted by atomic mass is 15.2. The molecule has 0 amide bonds. The monoisotopic (exact) mass is 243 g/mol. The maximum Gasteiger partial charge on any atom is 0.0110 e. The van der Waals surface area contributed by atoms with Gasteiger partial charge in [0, 0.05) is 65.4 Å². The van der Waals surface area contributed by atoms with E-state index in [0.29, 0.717) is 0 Å². The van der Waals surface area contributed by atoms with E-state index in [2.05, 4.69) is 32.8 Å². The van der Waals surface area contributed by atoms with Crippen molar-refractivity contribution in [2.45, 2.75) is 0 Å². The number of piperazine rings is 1. The Kier molecular flexibility index (Phi) is 8.56. The largest absolute Gasteiger partial charge is 0.318 e. The first kappa shape index (κ1) is 14.9. The number of nitrogens with one attached hydrogen (secondary N) is 3. The summed E-state index contributed by atoms with van der Waals surface area (Å²) in [4.78, 5) is 4.94. The standard InChI is InChI=1S/C12H29N5/c1-13-3-4-14-5-6-15-7-8-17-11-9-16(2)10-12-17/h13-15H,3-12H2,1-2H3. The first-order chi connectivity index (χ1) is 8.33. The van der Waals surface area contributed by atoms with Gasteiger partial charge in [-0.1, -0.05) is 0 Å². The highest BCUT2D eigenvalue weighted by molar-refractivity contribution is 4.69. The molecule has 1 heterocycles. The van der Waals surface area contributed by atoms with Gasteiger partial charge in [0.1, 0.15) is 0 Å². The summed E-state index contributed by atoms with van der Waals surface area (Å²) in [5.74, 6) is 0. The first-order valence-electron chi connectivity index (χ1n) is 6.80. The van der Waals surface area contributed by atoms with Crippen molar-refractivity contribution in [3.8, 4) is 0 Å². The van der Waals surface area contributed by atoms with Gasteiger partial charge in [0.05, 0.1) is 0 Å². The molecule has 0 atom stereocenters. The van der Waals surface area contributed by atoms with Crippen LogP contribution in [0.3, 0.4) is 0 Å². The Morgan fingerprint density at radius 3 is 2.06 bits per heavy atom. The van der Waals surface area contributed by atoms with Crippen molar-refractivity contribution < 1.29 is 0 Å². The van der Waals surface area contributed by atoms with Gasteiger partial charge in [-0.3, -0.25) is 4.90 Å². The number of likely N-dealkylation sites (N-methyl/N-ethyl adjacent to an activating group) is 2. The predicted molar refractivity (Wildman–Crippen MR) is 73.6 cm³/mol. The van der Waals surface area contributed by atoms with Gasteiger partial charge in [-0.15, -0.1) is 0 Å². The number of rotatable bonds is 9. The maximum absolute atomic E-state index is 3.48. The summed E-state index contributed by atoms with van der Waals surface area (Å²) < 4.78 is 0. The van der Waals surface area contributed by atoms with E-state index in [1.54, 1.807) is 0 Å². The second kappa shape index (κ2) is 9.79. The Hall–Kier alpha value is -0.200. The molecule has 0 aromatic heterocycles. The van der Waals surface area contributed by atoms with Crippen LogP contribution in [0.15, 0.2) is 0 Å². The number of hydrogen-bond donors (Lipinski definition) is 3. The molecular formula is C12H29N5. The first-order valence-corrected chi connectivity index (χ1v) is 6.80. The third kappa shape index (κ3) is 7.68. The molecule has 1 fully saturated rings. The van der Waals surface area contributed by atoms with Gasteiger partial charge in [-0.05, 0) is 14.1 Å². The molecule has 0 aromatic rings. The Morgan fingerprint density at radius 1 is 0.824 bits per heavy atom. The molecule has 0 radical (unpaired) electrons. The van der Waals surface area contributed by atoms with Gasteiger partial charge >= 0.3 is 0 Å². The highest BCUT2D eigenvalue weighted by Crippen LogP contribution is 1.97. The van der Waals surface area contributed by atoms with E-state index in [1.165, 1.54) is 32.7 Å². The molecule has 1 aliphatic heterocycles. The molecule has 0 aromatic carbocycles. The lowest BCUT2D eigenvalue weighted by Gasteiger charge is -2.32. The molecule has 0 aliphatic carbocycles. The summed E-state index contributed by atoms with van der Waals surface area (Å²) >= 11 is 0. The van der Waals surface area contributed by atoms with Crippen LogP contribution in [0.25, 0.3) is 0 Å². The second-order valence-corrected chi connectivity index (χ2v) is 4.75. The lowest BCUT2D eigenvalue weighted by molar-refractivity contribution is 0.155. The quantitative estimate of drug-likeness (QED) is 0.436. The van der Waals surface area contributed by atoms with Crippen LogP contribution in [0.5, 0.6) is 0 Å². The fourth-order valence-corrected chi connectivity index (χ4v) is 1.95. The summed E-state index contributed by atoms with van der Waals surface area (Å²) in [6, 6.07) is 0. The van der Waals surface area contributed by atoms with Crippen molar-refractivity contribution in [2.75, 3.05) is 79.5 Å². The zero-order valence-corrected chi connectivity index (χ0v) is 11.5. The molecule has 0 saturated carbocycles. The van der Waals surface area contributed by atoms with E-state index in [-0.39, 0.29) is 0 Å². The lowest BCUT2D eigenvalue weighted by atomic mass is 10.3. The molecule has 5 nitrogen and oxygen atoms in total. The van der Waals surface area contributed by atoms with Crippen molar-refractivity contribution in [3.05, 3.63) is 0 Å². The maximum atomic E-state index is 3.48. The number of nitrogens with zero attached hydrogens (tertiary/aromatic N) is 2. The van der Waals surface area contributed by atoms with Crippen LogP contribution in [0.1, 0.15) is 0 Å². The van der Waals surface area contributed by atoms with E-state index in [9.17, 15) is 0 Å². The topological polar surface area (TPSA) is 42.6 Å². The summed E-state index contributed by atoms with van der Waals surface area (Å²) in [6.45, 7) is 11.4. The normalized spacial score (nSPS) is 18.7. The molecule has 1 aliphatic rings. The summed E-state index contributed by atoms with van der Waals surface area (Å²) in [6.07, 6.45) is 0. The van der Waals surface area contributed by atoms with Crippen LogP contribution in [-0.2, 0) is 0 Å². The van der Waals surface area contributed by atoms with Gasteiger partial charge in [0.2, 0.25) is 0 Å². The number of hydrogen-bond acceptors (Lipinski definition) is 5. The Morgan fingerprint density at radius 2 is 1.41 bits per heavy atom. The summed E-state index contributed by atoms with van der Waals surface area (Å²) in [7, 11) is 4.18. The minimum Gasteiger partial charge on any atom is -0.318 e. The molecular weight excluding hydrogens is 214 g/mol. The molecule has 0 spiro atoms. The van der Waals surface area contributed by atoms with Crippen LogP contribution in [-0.4, -0.2) is 89.3 Å². The minimum absolute atomic E-state index is 1.04. The van der Waals surface area contributed by atoms with Gasteiger partial charge in [-0.25, -0.2) is 0 Å². The molecule has 0 bridgehead atoms. The van der Waals surface area contributed by atoms with Crippen LogP contribution in [0, 0.1) is 0 Å². The van der Waals surface area contributed by atoms with Gasteiger partial charge in [0.25, 0.3) is 0 Å². The lowest BCUT2D eigenvalue weighted by Crippen LogP contribution is -2.46. The van der Waals surface area contributed by atoms with Gasteiger partial charge in [0.15, 0.2) is 0 Å². The van der Waals surface area contributed by atoms with Crippen LogP contribution in [0.2, 0.25) is 0 Å². The second-order valence-electron chi connectivity index (χ2n) is 4.75. The molecule has 102 valence electrons. The molecule has 1 rings (SSSR count). The van der Waals surface area contributed by atoms with E-state index in [1.807, 2.05) is 7.05 Å². The zero-order chi connectivity index (χ0) is 12.3. The van der Waals surface area contributed by atoms with E-state index in [4.69, 9.17) is 0 Å². The smallest absolute Gasteiger partial charge is 0.0110 e. The third-order valence-electron chi connectivity index (χ3n) is 3.23. The van der Waals surface area contributed by atoms with Crippen molar-refractivity contribution in [3.63, 3.8) is 0 Å². The Bertz CT molecular complexity index is 168. The Labute approximate surface area is 106 Å². The summed E-state index contributed by atoms with van der Waals surface area (Å²) in [5.41, 5.74) is 0. The highest BCUT2D eigenvalue weighted by Gasteiger charge is 2.12. The SMILES string of the molecule is CNCCNCCNCCN1CCN(C)CC1. The zero-order valence-electron chi connectivity index (χ0n) is 11.5. The van der Waals surface area contributed by atoms with Crippen molar-refractivity contribution in [1.29, 1.82) is 0 Å². The molecule has 17 heavy (non-hydrogen) atoms. The van der Waals surface area contributed by atoms with E-state index >= 15 is 0 Å². The fraction of sp³-hybridized carbons (Fsp3) is 1.00. The van der Waals surface area contributed by atoms with Crippen LogP contribution < -0.4 is 16.0 Å². The minimum atomic E-state index is 1.04. The van der Waals surface area contributed by atoms with Crippen molar-refractivity contribution in [2.24, 2.45) is 0 Å². The molecule has 3 N–H and O–H groups in total.